The Kier molecular flexibility index (Phi) is 5.77. The topological polar surface area (TPSA) is 103 Å². The van der Waals surface area contributed by atoms with Gasteiger partial charge < -0.3 is 14.4 Å². The summed E-state index contributed by atoms with van der Waals surface area (Å²) in [6.07, 6.45) is 1.56. The molecular formula is C25H21N5O3S. The van der Waals surface area contributed by atoms with Crippen LogP contribution in [0.3, 0.4) is 0 Å². The molecule has 0 bridgehead atoms. The molecule has 5 aromatic rings. The number of benzene rings is 1. The van der Waals surface area contributed by atoms with Crippen LogP contribution in [0, 0.1) is 13.8 Å². The molecule has 0 aliphatic rings. The largest absolute Gasteiger partial charge is 0.350 e. The van der Waals surface area contributed by atoms with E-state index in [0.29, 0.717) is 23.4 Å². The maximum absolute atomic E-state index is 13.3. The summed E-state index contributed by atoms with van der Waals surface area (Å²) >= 11 is 1.58. The number of fused-ring (bicyclic) bond motifs is 1. The summed E-state index contributed by atoms with van der Waals surface area (Å²) in [5, 5.41) is 9.31. The monoisotopic (exact) mass is 471 g/mol. The second-order valence-corrected chi connectivity index (χ2v) is 9.00. The Morgan fingerprint density at radius 2 is 2.00 bits per heavy atom. The van der Waals surface area contributed by atoms with E-state index in [9.17, 15) is 9.59 Å². The third-order valence-corrected chi connectivity index (χ3v) is 6.22. The van der Waals surface area contributed by atoms with Gasteiger partial charge in [0.1, 0.15) is 17.8 Å². The van der Waals surface area contributed by atoms with Crippen molar-refractivity contribution in [2.45, 2.75) is 26.9 Å². The van der Waals surface area contributed by atoms with Gasteiger partial charge in [0.15, 0.2) is 0 Å². The number of pyridine rings is 2. The fourth-order valence-electron chi connectivity index (χ4n) is 3.68. The van der Waals surface area contributed by atoms with E-state index in [1.165, 1.54) is 0 Å². The molecule has 1 amide bonds. The van der Waals surface area contributed by atoms with Crippen LogP contribution < -0.4 is 10.7 Å². The lowest BCUT2D eigenvalue weighted by atomic mass is 10.1. The van der Waals surface area contributed by atoms with Crippen LogP contribution >= 0.6 is 11.3 Å². The van der Waals surface area contributed by atoms with Crippen LogP contribution in [0.4, 0.5) is 0 Å². The van der Waals surface area contributed by atoms with Crippen LogP contribution in [0.25, 0.3) is 33.9 Å². The molecule has 0 saturated carbocycles. The van der Waals surface area contributed by atoms with Gasteiger partial charge in [0.05, 0.1) is 11.9 Å². The van der Waals surface area contributed by atoms with Crippen molar-refractivity contribution in [1.29, 1.82) is 0 Å². The van der Waals surface area contributed by atoms with E-state index in [1.54, 1.807) is 34.2 Å². The molecule has 1 N–H and O–H groups in total. The van der Waals surface area contributed by atoms with Gasteiger partial charge in [-0.1, -0.05) is 35.0 Å². The second-order valence-electron chi connectivity index (χ2n) is 7.97. The van der Waals surface area contributed by atoms with Crippen molar-refractivity contribution in [3.8, 4) is 22.8 Å². The zero-order valence-electron chi connectivity index (χ0n) is 18.6. The molecule has 0 aliphatic carbocycles. The van der Waals surface area contributed by atoms with Crippen LogP contribution in [-0.4, -0.2) is 25.6 Å². The Morgan fingerprint density at radius 1 is 1.12 bits per heavy atom. The molecule has 9 heteroatoms. The van der Waals surface area contributed by atoms with Gasteiger partial charge in [-0.3, -0.25) is 9.59 Å². The highest BCUT2D eigenvalue weighted by Gasteiger charge is 2.19. The number of thiophene rings is 1. The van der Waals surface area contributed by atoms with E-state index in [-0.39, 0.29) is 29.3 Å². The van der Waals surface area contributed by atoms with Gasteiger partial charge in [-0.25, -0.2) is 4.98 Å². The fourth-order valence-corrected chi connectivity index (χ4v) is 4.32. The number of aromatic nitrogens is 4. The molecule has 1 aromatic carbocycles. The predicted molar refractivity (Wildman–Crippen MR) is 130 cm³/mol. The molecule has 8 nitrogen and oxygen atoms in total. The first-order valence-electron chi connectivity index (χ1n) is 10.7. The molecule has 5 rings (SSSR count). The number of carbonyl (C=O) groups excluding carboxylic acids is 1. The average molecular weight is 472 g/mol. The van der Waals surface area contributed by atoms with Crippen LogP contribution in [0.5, 0.6) is 0 Å². The van der Waals surface area contributed by atoms with Gasteiger partial charge in [-0.15, -0.1) is 11.3 Å². The SMILES string of the molecule is Cc1cccc(-c2noc(-c3cn(CC(=O)NCc4cccs4)c4nc(C)ccc4c3=O)n2)c1. The lowest BCUT2D eigenvalue weighted by Crippen LogP contribution is -2.28. The minimum atomic E-state index is -0.280. The van der Waals surface area contributed by atoms with E-state index < -0.39 is 0 Å². The van der Waals surface area contributed by atoms with Gasteiger partial charge in [0.2, 0.25) is 17.2 Å². The number of amides is 1. The van der Waals surface area contributed by atoms with Crippen molar-refractivity contribution < 1.29 is 9.32 Å². The molecule has 0 radical (unpaired) electrons. The van der Waals surface area contributed by atoms with Crippen molar-refractivity contribution in [3.63, 3.8) is 0 Å². The molecule has 170 valence electrons. The van der Waals surface area contributed by atoms with E-state index in [2.05, 4.69) is 20.4 Å². The highest BCUT2D eigenvalue weighted by atomic mass is 32.1. The van der Waals surface area contributed by atoms with E-state index in [4.69, 9.17) is 4.52 Å². The van der Waals surface area contributed by atoms with Crippen LogP contribution in [0.15, 0.2) is 69.4 Å². The highest BCUT2D eigenvalue weighted by molar-refractivity contribution is 7.09. The third kappa shape index (κ3) is 4.38. The lowest BCUT2D eigenvalue weighted by molar-refractivity contribution is -0.121. The minimum Gasteiger partial charge on any atom is -0.350 e. The first-order valence-corrected chi connectivity index (χ1v) is 11.6. The summed E-state index contributed by atoms with van der Waals surface area (Å²) in [6, 6.07) is 15.1. The number of rotatable bonds is 6. The van der Waals surface area contributed by atoms with Gasteiger partial charge >= 0.3 is 0 Å². The first-order chi connectivity index (χ1) is 16.5. The van der Waals surface area contributed by atoms with Crippen LogP contribution in [-0.2, 0) is 17.9 Å². The van der Waals surface area contributed by atoms with Crippen molar-refractivity contribution >= 4 is 28.3 Å². The van der Waals surface area contributed by atoms with E-state index in [1.807, 2.05) is 55.6 Å². The lowest BCUT2D eigenvalue weighted by Gasteiger charge is -2.12. The summed E-state index contributed by atoms with van der Waals surface area (Å²) in [6.45, 7) is 4.25. The van der Waals surface area contributed by atoms with Gasteiger partial charge in [-0.2, -0.15) is 4.98 Å². The molecule has 4 aromatic heterocycles. The molecule has 0 atom stereocenters. The van der Waals surface area contributed by atoms with Crippen molar-refractivity contribution in [2.75, 3.05) is 0 Å². The molecule has 4 heterocycles. The van der Waals surface area contributed by atoms with E-state index in [0.717, 1.165) is 21.7 Å². The number of aryl methyl sites for hydroxylation is 2. The Hall–Kier alpha value is -4.11. The Balaban J connectivity index is 1.53. The number of hydrogen-bond donors (Lipinski definition) is 1. The molecule has 0 saturated heterocycles. The third-order valence-electron chi connectivity index (χ3n) is 5.35. The fraction of sp³-hybridized carbons (Fsp3) is 0.160. The van der Waals surface area contributed by atoms with Gasteiger partial charge in [0.25, 0.3) is 5.89 Å². The molecule has 0 spiro atoms. The maximum Gasteiger partial charge on any atom is 0.263 e. The summed E-state index contributed by atoms with van der Waals surface area (Å²) in [7, 11) is 0. The number of hydrogen-bond acceptors (Lipinski definition) is 7. The highest BCUT2D eigenvalue weighted by Crippen LogP contribution is 2.23. The second kappa shape index (κ2) is 9.03. The molecule has 34 heavy (non-hydrogen) atoms. The number of nitrogens with one attached hydrogen (secondary N) is 1. The Morgan fingerprint density at radius 3 is 2.79 bits per heavy atom. The van der Waals surface area contributed by atoms with Gasteiger partial charge in [-0.05, 0) is 43.5 Å². The Labute approximate surface area is 198 Å². The summed E-state index contributed by atoms with van der Waals surface area (Å²) in [4.78, 5) is 36.0. The summed E-state index contributed by atoms with van der Waals surface area (Å²) < 4.78 is 7.11. The number of carbonyl (C=O) groups is 1. The van der Waals surface area contributed by atoms with Crippen LogP contribution in [0.1, 0.15) is 16.1 Å². The molecule has 0 aliphatic heterocycles. The molecule has 0 unspecified atom stereocenters. The standard InChI is InChI=1S/C25H21N5O3S/c1-15-5-3-6-17(11-15)23-28-25(33-29-23)20-13-30(14-21(31)26-12-18-7-4-10-34-18)24-19(22(20)32)9-8-16(2)27-24/h3-11,13H,12,14H2,1-2H3,(H,26,31). The van der Waals surface area contributed by atoms with Gasteiger partial charge in [0, 0.05) is 22.3 Å². The number of nitrogens with zero attached hydrogens (tertiary/aromatic N) is 4. The Bertz CT molecular complexity index is 1550. The average Bonchev–Trinajstić information content (AvgIpc) is 3.52. The summed E-state index contributed by atoms with van der Waals surface area (Å²) in [5.74, 6) is 0.288. The summed E-state index contributed by atoms with van der Waals surface area (Å²) in [5.41, 5.74) is 2.96. The zero-order valence-corrected chi connectivity index (χ0v) is 19.4. The van der Waals surface area contributed by atoms with Crippen LogP contribution in [0.2, 0.25) is 0 Å². The normalized spacial score (nSPS) is 11.1. The molecular weight excluding hydrogens is 450 g/mol. The van der Waals surface area contributed by atoms with Crippen molar-refractivity contribution in [1.82, 2.24) is 25.0 Å². The van der Waals surface area contributed by atoms with Crippen molar-refractivity contribution in [3.05, 3.63) is 86.5 Å². The smallest absolute Gasteiger partial charge is 0.263 e. The predicted octanol–water partition coefficient (Wildman–Crippen LogP) is 4.11. The quantitative estimate of drug-likeness (QED) is 0.400. The first kappa shape index (κ1) is 21.7. The maximum atomic E-state index is 13.3. The zero-order chi connectivity index (χ0) is 23.7. The minimum absolute atomic E-state index is 0.00944. The van der Waals surface area contributed by atoms with Crippen molar-refractivity contribution in [2.24, 2.45) is 0 Å². The molecule has 0 fully saturated rings. The van der Waals surface area contributed by atoms with E-state index >= 15 is 0 Å².